The second-order valence-corrected chi connectivity index (χ2v) is 7.56. The Balaban J connectivity index is 1.61. The van der Waals surface area contributed by atoms with Gasteiger partial charge in [-0.3, -0.25) is 4.79 Å². The number of nitrogens with one attached hydrogen (secondary N) is 1. The number of ether oxygens (including phenoxy) is 1. The molecule has 0 aliphatic rings. The number of carbonyl (C=O) groups excluding carboxylic acids is 1. The number of nitrogens with zero attached hydrogens (tertiary/aromatic N) is 1. The number of rotatable bonds is 6. The van der Waals surface area contributed by atoms with Crippen molar-refractivity contribution in [3.63, 3.8) is 0 Å². The molecule has 0 unspecified atom stereocenters. The highest BCUT2D eigenvalue weighted by molar-refractivity contribution is 7.15. The molecule has 0 atom stereocenters. The van der Waals surface area contributed by atoms with E-state index >= 15 is 0 Å². The summed E-state index contributed by atoms with van der Waals surface area (Å²) in [6.45, 7) is 0. The minimum Gasteiger partial charge on any atom is -0.497 e. The molecular weight excluding hydrogens is 380 g/mol. The van der Waals surface area contributed by atoms with E-state index in [2.05, 4.69) is 5.32 Å². The van der Waals surface area contributed by atoms with E-state index in [-0.39, 0.29) is 12.3 Å². The maximum Gasteiger partial charge on any atom is 0.229 e. The fourth-order valence-electron chi connectivity index (χ4n) is 3.02. The fraction of sp³-hybridized carbons (Fsp3) is 0.0833. The quantitative estimate of drug-likeness (QED) is 0.454. The summed E-state index contributed by atoms with van der Waals surface area (Å²) in [5.41, 5.74) is 3.67. The van der Waals surface area contributed by atoms with E-state index < -0.39 is 0 Å². The van der Waals surface area contributed by atoms with Gasteiger partial charge in [-0.05, 0) is 24.3 Å². The van der Waals surface area contributed by atoms with Gasteiger partial charge < -0.3 is 10.1 Å². The van der Waals surface area contributed by atoms with Crippen LogP contribution in [0.3, 0.4) is 0 Å². The van der Waals surface area contributed by atoms with E-state index in [1.165, 1.54) is 0 Å². The molecule has 1 aromatic heterocycles. The number of hydrogen-bond acceptors (Lipinski definition) is 4. The van der Waals surface area contributed by atoms with Gasteiger partial charge in [-0.1, -0.05) is 60.7 Å². The Kier molecular flexibility index (Phi) is 5.68. The Morgan fingerprint density at radius 1 is 0.897 bits per heavy atom. The van der Waals surface area contributed by atoms with Crippen LogP contribution in [0.15, 0.2) is 84.9 Å². The van der Waals surface area contributed by atoms with Gasteiger partial charge in [-0.25, -0.2) is 4.98 Å². The topological polar surface area (TPSA) is 51.2 Å². The molecule has 0 bridgehead atoms. The summed E-state index contributed by atoms with van der Waals surface area (Å²) >= 11 is 1.56. The lowest BCUT2D eigenvalue weighted by Gasteiger charge is -2.06. The number of aromatic nitrogens is 1. The molecule has 1 amide bonds. The predicted octanol–water partition coefficient (Wildman–Crippen LogP) is 5.67. The Hall–Kier alpha value is -3.44. The average molecular weight is 401 g/mol. The second-order valence-electron chi connectivity index (χ2n) is 6.48. The maximum atomic E-state index is 12.7. The minimum atomic E-state index is -0.0735. The van der Waals surface area contributed by atoms with Crippen LogP contribution in [0.4, 0.5) is 5.69 Å². The number of amides is 1. The highest BCUT2D eigenvalue weighted by Crippen LogP contribution is 2.34. The average Bonchev–Trinajstić information content (AvgIpc) is 3.19. The van der Waals surface area contributed by atoms with Crippen molar-refractivity contribution in [2.75, 3.05) is 12.4 Å². The van der Waals surface area contributed by atoms with Crippen LogP contribution in [0.1, 0.15) is 4.88 Å². The maximum absolute atomic E-state index is 12.7. The molecule has 5 heteroatoms. The van der Waals surface area contributed by atoms with E-state index in [4.69, 9.17) is 9.72 Å². The summed E-state index contributed by atoms with van der Waals surface area (Å²) in [4.78, 5) is 18.5. The molecule has 29 heavy (non-hydrogen) atoms. The molecule has 0 fully saturated rings. The third-order valence-electron chi connectivity index (χ3n) is 4.46. The third kappa shape index (κ3) is 4.52. The molecule has 0 aliphatic carbocycles. The van der Waals surface area contributed by atoms with E-state index in [9.17, 15) is 4.79 Å². The number of anilines is 1. The molecule has 0 spiro atoms. The molecule has 0 radical (unpaired) electrons. The van der Waals surface area contributed by atoms with Crippen LogP contribution in [0.2, 0.25) is 0 Å². The van der Waals surface area contributed by atoms with Crippen molar-refractivity contribution in [1.82, 2.24) is 4.98 Å². The molecule has 0 saturated carbocycles. The van der Waals surface area contributed by atoms with Crippen LogP contribution in [0.25, 0.3) is 21.8 Å². The SMILES string of the molecule is COc1ccc(NC(=O)Cc2sc(-c3ccccc3)nc2-c2ccccc2)cc1. The first kappa shape index (κ1) is 18.9. The fourth-order valence-corrected chi connectivity index (χ4v) is 4.11. The van der Waals surface area contributed by atoms with Gasteiger partial charge in [0.1, 0.15) is 10.8 Å². The van der Waals surface area contributed by atoms with Crippen LogP contribution in [0, 0.1) is 0 Å². The van der Waals surface area contributed by atoms with Crippen molar-refractivity contribution in [1.29, 1.82) is 0 Å². The van der Waals surface area contributed by atoms with Gasteiger partial charge in [-0.15, -0.1) is 11.3 Å². The molecule has 4 rings (SSSR count). The number of hydrogen-bond donors (Lipinski definition) is 1. The summed E-state index contributed by atoms with van der Waals surface area (Å²) < 4.78 is 5.16. The molecule has 144 valence electrons. The summed E-state index contributed by atoms with van der Waals surface area (Å²) in [5, 5.41) is 3.87. The normalized spacial score (nSPS) is 10.5. The number of methoxy groups -OCH3 is 1. The van der Waals surface area contributed by atoms with Crippen molar-refractivity contribution in [3.8, 4) is 27.6 Å². The van der Waals surface area contributed by atoms with Crippen LogP contribution in [0.5, 0.6) is 5.75 Å². The largest absolute Gasteiger partial charge is 0.497 e. The van der Waals surface area contributed by atoms with E-state index in [0.717, 1.165) is 38.1 Å². The van der Waals surface area contributed by atoms with Gasteiger partial charge in [0.05, 0.1) is 19.2 Å². The molecule has 0 aliphatic heterocycles. The zero-order chi connectivity index (χ0) is 20.1. The third-order valence-corrected chi connectivity index (χ3v) is 5.56. The summed E-state index contributed by atoms with van der Waals surface area (Å²) in [6, 6.07) is 27.3. The van der Waals surface area contributed by atoms with Crippen LogP contribution in [-0.2, 0) is 11.2 Å². The smallest absolute Gasteiger partial charge is 0.229 e. The van der Waals surface area contributed by atoms with Gasteiger partial charge in [0, 0.05) is 21.7 Å². The highest BCUT2D eigenvalue weighted by atomic mass is 32.1. The van der Waals surface area contributed by atoms with Crippen LogP contribution in [-0.4, -0.2) is 18.0 Å². The van der Waals surface area contributed by atoms with E-state index in [0.29, 0.717) is 0 Å². The molecule has 4 aromatic rings. The van der Waals surface area contributed by atoms with E-state index in [1.54, 1.807) is 18.4 Å². The minimum absolute atomic E-state index is 0.0735. The number of thiazole rings is 1. The van der Waals surface area contributed by atoms with Crippen molar-refractivity contribution in [2.24, 2.45) is 0 Å². The Morgan fingerprint density at radius 3 is 2.14 bits per heavy atom. The molecule has 4 nitrogen and oxygen atoms in total. The predicted molar refractivity (Wildman–Crippen MR) is 118 cm³/mol. The van der Waals surface area contributed by atoms with Crippen LogP contribution >= 0.6 is 11.3 Å². The van der Waals surface area contributed by atoms with Crippen molar-refractivity contribution < 1.29 is 9.53 Å². The lowest BCUT2D eigenvalue weighted by atomic mass is 10.1. The van der Waals surface area contributed by atoms with Gasteiger partial charge in [0.15, 0.2) is 0 Å². The Bertz CT molecular complexity index is 1090. The summed E-state index contributed by atoms with van der Waals surface area (Å²) in [5.74, 6) is 0.680. The Labute approximate surface area is 173 Å². The van der Waals surface area contributed by atoms with Crippen molar-refractivity contribution in [2.45, 2.75) is 6.42 Å². The molecular formula is C24H20N2O2S. The zero-order valence-corrected chi connectivity index (χ0v) is 16.8. The number of carbonyl (C=O) groups is 1. The standard InChI is InChI=1S/C24H20N2O2S/c1-28-20-14-12-19(13-15-20)25-22(27)16-21-23(17-8-4-2-5-9-17)26-24(29-21)18-10-6-3-7-11-18/h2-15H,16H2,1H3,(H,25,27). The molecule has 0 saturated heterocycles. The summed E-state index contributed by atoms with van der Waals surface area (Å²) in [6.07, 6.45) is 0.265. The first-order valence-electron chi connectivity index (χ1n) is 9.27. The van der Waals surface area contributed by atoms with Gasteiger partial charge >= 0.3 is 0 Å². The molecule has 3 aromatic carbocycles. The van der Waals surface area contributed by atoms with Crippen molar-refractivity contribution >= 4 is 22.9 Å². The molecule has 1 heterocycles. The highest BCUT2D eigenvalue weighted by Gasteiger charge is 2.17. The molecule has 1 N–H and O–H groups in total. The van der Waals surface area contributed by atoms with Gasteiger partial charge in [-0.2, -0.15) is 0 Å². The second kappa shape index (κ2) is 8.71. The van der Waals surface area contributed by atoms with Crippen molar-refractivity contribution in [3.05, 3.63) is 89.8 Å². The first-order valence-corrected chi connectivity index (χ1v) is 10.1. The van der Waals surface area contributed by atoms with Gasteiger partial charge in [0.2, 0.25) is 5.91 Å². The number of benzene rings is 3. The lowest BCUT2D eigenvalue weighted by molar-refractivity contribution is -0.115. The zero-order valence-electron chi connectivity index (χ0n) is 16.0. The lowest BCUT2D eigenvalue weighted by Crippen LogP contribution is -2.14. The first-order chi connectivity index (χ1) is 14.2. The van der Waals surface area contributed by atoms with Gasteiger partial charge in [0.25, 0.3) is 0 Å². The monoisotopic (exact) mass is 400 g/mol. The van der Waals surface area contributed by atoms with E-state index in [1.807, 2.05) is 84.9 Å². The van der Waals surface area contributed by atoms with Crippen LogP contribution < -0.4 is 10.1 Å². The Morgan fingerprint density at radius 2 is 1.52 bits per heavy atom. The summed E-state index contributed by atoms with van der Waals surface area (Å²) in [7, 11) is 1.62.